The Labute approximate surface area is 75.4 Å². The van der Waals surface area contributed by atoms with Crippen LogP contribution in [0.1, 0.15) is 39.5 Å². The van der Waals surface area contributed by atoms with Crippen molar-refractivity contribution < 1.29 is 0 Å². The van der Waals surface area contributed by atoms with Gasteiger partial charge in [-0.25, -0.2) is 0 Å². The average Bonchev–Trinajstić information content (AvgIpc) is 2.09. The predicted molar refractivity (Wildman–Crippen MR) is 52.8 cm³/mol. The van der Waals surface area contributed by atoms with Crippen LogP contribution in [0.25, 0.3) is 0 Å². The second-order valence-electron chi connectivity index (χ2n) is 3.41. The van der Waals surface area contributed by atoms with Crippen LogP contribution in [0.2, 0.25) is 0 Å². The first-order valence-electron chi connectivity index (χ1n) is 5.02. The van der Waals surface area contributed by atoms with E-state index in [-0.39, 0.29) is 0 Å². The Hall–Kier alpha value is -0.660. The molecule has 0 radical (unpaired) electrons. The van der Waals surface area contributed by atoms with E-state index in [1.165, 1.54) is 37.1 Å². The first-order chi connectivity index (χ1) is 5.84. The number of hydrogen-bond donors (Lipinski definition) is 2. The van der Waals surface area contributed by atoms with E-state index in [1.54, 1.807) is 0 Å². The molecule has 2 heteroatoms. The van der Waals surface area contributed by atoms with Gasteiger partial charge in [-0.15, -0.1) is 0 Å². The minimum absolute atomic E-state index is 1.07. The molecule has 0 amide bonds. The van der Waals surface area contributed by atoms with Gasteiger partial charge in [0, 0.05) is 24.5 Å². The molecule has 0 aliphatic carbocycles. The SMILES string of the molecule is CCCCCC1=C(C)NCCN1. The van der Waals surface area contributed by atoms with E-state index in [4.69, 9.17) is 0 Å². The van der Waals surface area contributed by atoms with Crippen LogP contribution in [-0.2, 0) is 0 Å². The topological polar surface area (TPSA) is 24.1 Å². The third-order valence-electron chi connectivity index (χ3n) is 2.34. The van der Waals surface area contributed by atoms with Gasteiger partial charge in [0.05, 0.1) is 0 Å². The molecule has 0 spiro atoms. The summed E-state index contributed by atoms with van der Waals surface area (Å²) in [6.45, 7) is 6.56. The van der Waals surface area contributed by atoms with Crippen LogP contribution in [0.3, 0.4) is 0 Å². The van der Waals surface area contributed by atoms with Crippen molar-refractivity contribution in [3.63, 3.8) is 0 Å². The Kier molecular flexibility index (Phi) is 3.98. The normalized spacial score (nSPS) is 17.2. The molecule has 0 aromatic carbocycles. The quantitative estimate of drug-likeness (QED) is 0.627. The van der Waals surface area contributed by atoms with Gasteiger partial charge in [-0.3, -0.25) is 0 Å². The number of unbranched alkanes of at least 4 members (excludes halogenated alkanes) is 2. The highest BCUT2D eigenvalue weighted by Crippen LogP contribution is 2.10. The molecule has 0 fully saturated rings. The highest BCUT2D eigenvalue weighted by molar-refractivity contribution is 5.11. The lowest BCUT2D eigenvalue weighted by Crippen LogP contribution is -2.34. The van der Waals surface area contributed by atoms with Crippen LogP contribution < -0.4 is 10.6 Å². The summed E-state index contributed by atoms with van der Waals surface area (Å²) >= 11 is 0. The first kappa shape index (κ1) is 9.43. The molecule has 0 aromatic rings. The van der Waals surface area contributed by atoms with Crippen LogP contribution in [0, 0.1) is 0 Å². The molecule has 0 saturated carbocycles. The van der Waals surface area contributed by atoms with Gasteiger partial charge in [0.25, 0.3) is 0 Å². The zero-order valence-corrected chi connectivity index (χ0v) is 8.24. The average molecular weight is 168 g/mol. The molecule has 0 unspecified atom stereocenters. The Morgan fingerprint density at radius 2 is 1.92 bits per heavy atom. The second-order valence-corrected chi connectivity index (χ2v) is 3.41. The molecule has 12 heavy (non-hydrogen) atoms. The second kappa shape index (κ2) is 5.07. The Bertz CT molecular complexity index is 161. The Morgan fingerprint density at radius 3 is 2.58 bits per heavy atom. The number of hydrogen-bond acceptors (Lipinski definition) is 2. The monoisotopic (exact) mass is 168 g/mol. The summed E-state index contributed by atoms with van der Waals surface area (Å²) in [6, 6.07) is 0. The summed E-state index contributed by atoms with van der Waals surface area (Å²) in [6.07, 6.45) is 5.18. The molecule has 0 atom stereocenters. The van der Waals surface area contributed by atoms with Crippen molar-refractivity contribution in [2.45, 2.75) is 39.5 Å². The molecule has 1 rings (SSSR count). The third kappa shape index (κ3) is 2.76. The van der Waals surface area contributed by atoms with Crippen LogP contribution in [0.4, 0.5) is 0 Å². The van der Waals surface area contributed by atoms with E-state index in [0.717, 1.165) is 13.1 Å². The molecule has 1 heterocycles. The number of nitrogens with one attached hydrogen (secondary N) is 2. The molecule has 1 aliphatic rings. The zero-order valence-electron chi connectivity index (χ0n) is 8.24. The maximum absolute atomic E-state index is 3.44. The predicted octanol–water partition coefficient (Wildman–Crippen LogP) is 1.99. The molecule has 0 bridgehead atoms. The number of rotatable bonds is 4. The van der Waals surface area contributed by atoms with Crippen molar-refractivity contribution in [2.75, 3.05) is 13.1 Å². The highest BCUT2D eigenvalue weighted by atomic mass is 15.0. The lowest BCUT2D eigenvalue weighted by atomic mass is 10.1. The molecular formula is C10H20N2. The summed E-state index contributed by atoms with van der Waals surface area (Å²) in [5.74, 6) is 0. The lowest BCUT2D eigenvalue weighted by Gasteiger charge is -2.21. The fraction of sp³-hybridized carbons (Fsp3) is 0.800. The summed E-state index contributed by atoms with van der Waals surface area (Å²) in [4.78, 5) is 0. The van der Waals surface area contributed by atoms with Crippen LogP contribution in [0.15, 0.2) is 11.4 Å². The smallest absolute Gasteiger partial charge is 0.0318 e. The minimum atomic E-state index is 1.07. The molecule has 0 aromatic heterocycles. The van der Waals surface area contributed by atoms with E-state index < -0.39 is 0 Å². The van der Waals surface area contributed by atoms with E-state index in [1.807, 2.05) is 0 Å². The maximum atomic E-state index is 3.44. The van der Waals surface area contributed by atoms with E-state index in [2.05, 4.69) is 24.5 Å². The van der Waals surface area contributed by atoms with Gasteiger partial charge in [0.15, 0.2) is 0 Å². The van der Waals surface area contributed by atoms with Crippen molar-refractivity contribution in [1.82, 2.24) is 10.6 Å². The summed E-state index contributed by atoms with van der Waals surface area (Å²) in [7, 11) is 0. The van der Waals surface area contributed by atoms with Crippen molar-refractivity contribution >= 4 is 0 Å². The Balaban J connectivity index is 2.28. The fourth-order valence-corrected chi connectivity index (χ4v) is 1.53. The van der Waals surface area contributed by atoms with E-state index in [9.17, 15) is 0 Å². The van der Waals surface area contributed by atoms with Gasteiger partial charge in [-0.05, 0) is 19.8 Å². The molecule has 1 aliphatic heterocycles. The van der Waals surface area contributed by atoms with Crippen molar-refractivity contribution in [3.05, 3.63) is 11.4 Å². The largest absolute Gasteiger partial charge is 0.385 e. The minimum Gasteiger partial charge on any atom is -0.385 e. The van der Waals surface area contributed by atoms with Crippen molar-refractivity contribution in [1.29, 1.82) is 0 Å². The molecule has 70 valence electrons. The first-order valence-corrected chi connectivity index (χ1v) is 5.02. The summed E-state index contributed by atoms with van der Waals surface area (Å²) in [5.41, 5.74) is 2.77. The molecular weight excluding hydrogens is 148 g/mol. The standard InChI is InChI=1S/C10H20N2/c1-3-4-5-6-10-9(2)11-7-8-12-10/h11-12H,3-8H2,1-2H3. The summed E-state index contributed by atoms with van der Waals surface area (Å²) < 4.78 is 0. The number of allylic oxidation sites excluding steroid dienone is 2. The lowest BCUT2D eigenvalue weighted by molar-refractivity contribution is 0.596. The summed E-state index contributed by atoms with van der Waals surface area (Å²) in [5, 5.41) is 6.82. The van der Waals surface area contributed by atoms with Gasteiger partial charge < -0.3 is 10.6 Å². The van der Waals surface area contributed by atoms with Gasteiger partial charge >= 0.3 is 0 Å². The van der Waals surface area contributed by atoms with Crippen molar-refractivity contribution in [3.8, 4) is 0 Å². The van der Waals surface area contributed by atoms with Crippen LogP contribution >= 0.6 is 0 Å². The molecule has 0 saturated heterocycles. The zero-order chi connectivity index (χ0) is 8.81. The molecule has 2 nitrogen and oxygen atoms in total. The Morgan fingerprint density at radius 1 is 1.17 bits per heavy atom. The van der Waals surface area contributed by atoms with E-state index >= 15 is 0 Å². The van der Waals surface area contributed by atoms with Gasteiger partial charge in [0.2, 0.25) is 0 Å². The van der Waals surface area contributed by atoms with Crippen LogP contribution in [-0.4, -0.2) is 13.1 Å². The maximum Gasteiger partial charge on any atom is 0.0318 e. The van der Waals surface area contributed by atoms with Gasteiger partial charge in [0.1, 0.15) is 0 Å². The fourth-order valence-electron chi connectivity index (χ4n) is 1.53. The molecule has 2 N–H and O–H groups in total. The highest BCUT2D eigenvalue weighted by Gasteiger charge is 2.05. The van der Waals surface area contributed by atoms with Gasteiger partial charge in [-0.1, -0.05) is 19.8 Å². The van der Waals surface area contributed by atoms with Crippen LogP contribution in [0.5, 0.6) is 0 Å². The van der Waals surface area contributed by atoms with Gasteiger partial charge in [-0.2, -0.15) is 0 Å². The van der Waals surface area contributed by atoms with E-state index in [0.29, 0.717) is 0 Å². The van der Waals surface area contributed by atoms with Crippen molar-refractivity contribution in [2.24, 2.45) is 0 Å². The third-order valence-corrected chi connectivity index (χ3v) is 2.34.